The summed E-state index contributed by atoms with van der Waals surface area (Å²) in [7, 11) is 0. The first-order chi connectivity index (χ1) is 14.9. The fourth-order valence-electron chi connectivity index (χ4n) is 3.12. The molecule has 0 N–H and O–H groups in total. The van der Waals surface area contributed by atoms with Crippen molar-refractivity contribution in [2.45, 2.75) is 27.3 Å². The van der Waals surface area contributed by atoms with E-state index in [2.05, 4.69) is 35.9 Å². The highest BCUT2D eigenvalue weighted by Gasteiger charge is 2.15. The average molecular weight is 433 g/mol. The van der Waals surface area contributed by atoms with Crippen LogP contribution >= 0.6 is 11.6 Å². The molecule has 158 valence electrons. The highest BCUT2D eigenvalue weighted by molar-refractivity contribution is 6.32. The van der Waals surface area contributed by atoms with E-state index in [-0.39, 0.29) is 0 Å². The Morgan fingerprint density at radius 2 is 2.00 bits per heavy atom. The third kappa shape index (κ3) is 5.71. The zero-order valence-electron chi connectivity index (χ0n) is 18.0. The first-order valence-corrected chi connectivity index (χ1v) is 9.99. The monoisotopic (exact) mass is 432 g/mol. The van der Waals surface area contributed by atoms with Gasteiger partial charge in [0.05, 0.1) is 22.8 Å². The number of nitriles is 1. The molecule has 0 saturated carbocycles. The van der Waals surface area contributed by atoms with Crippen LogP contribution in [0.4, 0.5) is 0 Å². The molecule has 0 saturated heterocycles. The SMILES string of the molecule is C=C.C=C(/C=C\C)Oc1ccc(Cn2nc(C)c(-c3ccc(C#N)c(Cl)c3)c2C)cn1. The number of nitrogens with zero attached hydrogens (tertiary/aromatic N) is 4. The Labute approximate surface area is 188 Å². The Hall–Kier alpha value is -3.62. The van der Waals surface area contributed by atoms with Crippen molar-refractivity contribution in [2.24, 2.45) is 0 Å². The van der Waals surface area contributed by atoms with Crippen molar-refractivity contribution < 1.29 is 4.74 Å². The number of aromatic nitrogens is 3. The fraction of sp³-hybridized carbons (Fsp3) is 0.160. The third-order valence-corrected chi connectivity index (χ3v) is 4.79. The number of pyridine rings is 1. The van der Waals surface area contributed by atoms with Gasteiger partial charge in [-0.2, -0.15) is 10.4 Å². The molecule has 0 unspecified atom stereocenters. The molecule has 0 amide bonds. The summed E-state index contributed by atoms with van der Waals surface area (Å²) in [5, 5.41) is 14.2. The molecule has 0 atom stereocenters. The van der Waals surface area contributed by atoms with E-state index < -0.39 is 0 Å². The lowest BCUT2D eigenvalue weighted by atomic mass is 10.0. The lowest BCUT2D eigenvalue weighted by Gasteiger charge is -2.08. The third-order valence-electron chi connectivity index (χ3n) is 4.48. The van der Waals surface area contributed by atoms with Crippen molar-refractivity contribution >= 4 is 11.6 Å². The van der Waals surface area contributed by atoms with Crippen molar-refractivity contribution in [3.63, 3.8) is 0 Å². The van der Waals surface area contributed by atoms with Gasteiger partial charge in [0, 0.05) is 23.5 Å². The summed E-state index contributed by atoms with van der Waals surface area (Å²) in [5.74, 6) is 1.04. The van der Waals surface area contributed by atoms with Gasteiger partial charge in [-0.1, -0.05) is 36.4 Å². The molecular weight excluding hydrogens is 408 g/mol. The Balaban J connectivity index is 0.00000166. The molecule has 5 nitrogen and oxygen atoms in total. The second-order valence-electron chi connectivity index (χ2n) is 6.58. The highest BCUT2D eigenvalue weighted by atomic mass is 35.5. The summed E-state index contributed by atoms with van der Waals surface area (Å²) in [6.45, 7) is 16.3. The molecule has 3 aromatic rings. The molecule has 31 heavy (non-hydrogen) atoms. The molecule has 2 heterocycles. The van der Waals surface area contributed by atoms with E-state index in [1.165, 1.54) is 0 Å². The fourth-order valence-corrected chi connectivity index (χ4v) is 3.34. The number of allylic oxidation sites excluding steroid dienone is 2. The quantitative estimate of drug-likeness (QED) is 0.256. The first kappa shape index (κ1) is 23.7. The lowest BCUT2D eigenvalue weighted by molar-refractivity contribution is 0.428. The van der Waals surface area contributed by atoms with E-state index in [0.717, 1.165) is 28.1 Å². The molecule has 2 aromatic heterocycles. The number of hydrogen-bond donors (Lipinski definition) is 0. The maximum Gasteiger partial charge on any atom is 0.219 e. The topological polar surface area (TPSA) is 63.7 Å². The van der Waals surface area contributed by atoms with Gasteiger partial charge in [0.2, 0.25) is 5.88 Å². The van der Waals surface area contributed by atoms with Crippen LogP contribution in [0.5, 0.6) is 5.88 Å². The molecule has 0 aliphatic rings. The number of ether oxygens (including phenoxy) is 1. The number of rotatable bonds is 6. The predicted octanol–water partition coefficient (Wildman–Crippen LogP) is 6.41. The van der Waals surface area contributed by atoms with Crippen LogP contribution in [0.25, 0.3) is 11.1 Å². The van der Waals surface area contributed by atoms with Crippen LogP contribution in [0.2, 0.25) is 5.02 Å². The van der Waals surface area contributed by atoms with Gasteiger partial charge in [-0.05, 0) is 50.1 Å². The predicted molar refractivity (Wildman–Crippen MR) is 126 cm³/mol. The van der Waals surface area contributed by atoms with Gasteiger partial charge in [0.1, 0.15) is 11.8 Å². The summed E-state index contributed by atoms with van der Waals surface area (Å²) >= 11 is 6.21. The Morgan fingerprint density at radius 3 is 2.58 bits per heavy atom. The minimum absolute atomic E-state index is 0.441. The number of halogens is 1. The van der Waals surface area contributed by atoms with Crippen molar-refractivity contribution in [3.8, 4) is 23.1 Å². The van der Waals surface area contributed by atoms with Gasteiger partial charge in [0.15, 0.2) is 0 Å². The molecule has 0 aliphatic carbocycles. The number of aryl methyl sites for hydroxylation is 1. The molecule has 0 aliphatic heterocycles. The molecular formula is C25H25ClN4O. The minimum Gasteiger partial charge on any atom is -0.440 e. The first-order valence-electron chi connectivity index (χ1n) is 9.61. The van der Waals surface area contributed by atoms with Crippen LogP contribution in [-0.4, -0.2) is 14.8 Å². The van der Waals surface area contributed by atoms with Gasteiger partial charge in [0.25, 0.3) is 0 Å². The number of hydrogen-bond acceptors (Lipinski definition) is 4. The minimum atomic E-state index is 0.441. The van der Waals surface area contributed by atoms with E-state index >= 15 is 0 Å². The molecule has 1 aromatic carbocycles. The van der Waals surface area contributed by atoms with E-state index in [9.17, 15) is 0 Å². The summed E-state index contributed by atoms with van der Waals surface area (Å²) in [5.41, 5.74) is 5.35. The molecule has 0 bridgehead atoms. The molecule has 6 heteroatoms. The number of benzene rings is 1. The van der Waals surface area contributed by atoms with E-state index in [0.29, 0.717) is 28.8 Å². The Kier molecular flexibility index (Phi) is 8.36. The van der Waals surface area contributed by atoms with Crippen LogP contribution in [-0.2, 0) is 6.54 Å². The van der Waals surface area contributed by atoms with Crippen molar-refractivity contribution in [1.29, 1.82) is 5.26 Å². The normalized spacial score (nSPS) is 10.3. The smallest absolute Gasteiger partial charge is 0.219 e. The summed E-state index contributed by atoms with van der Waals surface area (Å²) in [6.07, 6.45) is 5.41. The second-order valence-corrected chi connectivity index (χ2v) is 6.99. The molecule has 0 radical (unpaired) electrons. The molecule has 0 spiro atoms. The Bertz CT molecular complexity index is 1140. The van der Waals surface area contributed by atoms with Crippen molar-refractivity contribution in [3.05, 3.63) is 102 Å². The van der Waals surface area contributed by atoms with Gasteiger partial charge in [-0.15, -0.1) is 13.2 Å². The highest BCUT2D eigenvalue weighted by Crippen LogP contribution is 2.30. The average Bonchev–Trinajstić information content (AvgIpc) is 3.04. The van der Waals surface area contributed by atoms with Gasteiger partial charge in [-0.25, -0.2) is 4.98 Å². The van der Waals surface area contributed by atoms with Crippen LogP contribution in [0.1, 0.15) is 29.4 Å². The van der Waals surface area contributed by atoms with Crippen LogP contribution in [0.15, 0.2) is 74.2 Å². The molecule has 3 rings (SSSR count). The Morgan fingerprint density at radius 1 is 1.26 bits per heavy atom. The summed E-state index contributed by atoms with van der Waals surface area (Å²) in [6, 6.07) is 11.3. The standard InChI is InChI=1S/C23H21ClN4O.C2H4/c1-5-6-15(2)29-22-10-7-18(13-26-22)14-28-17(4)23(16(3)27-28)19-8-9-20(12-25)21(24)11-19;1-2/h5-11,13H,2,14H2,1,3-4H3;1-2H2/b6-5-;. The largest absolute Gasteiger partial charge is 0.440 e. The van der Waals surface area contributed by atoms with Crippen LogP contribution in [0.3, 0.4) is 0 Å². The van der Waals surface area contributed by atoms with Crippen LogP contribution < -0.4 is 4.74 Å². The molecule has 0 fully saturated rings. The van der Waals surface area contributed by atoms with E-state index in [1.807, 2.05) is 55.8 Å². The van der Waals surface area contributed by atoms with Crippen molar-refractivity contribution in [2.75, 3.05) is 0 Å². The van der Waals surface area contributed by atoms with Gasteiger partial charge in [-0.3, -0.25) is 4.68 Å². The summed E-state index contributed by atoms with van der Waals surface area (Å²) in [4.78, 5) is 4.34. The van der Waals surface area contributed by atoms with E-state index in [1.54, 1.807) is 18.3 Å². The lowest BCUT2D eigenvalue weighted by Crippen LogP contribution is -2.05. The maximum absolute atomic E-state index is 9.08. The van der Waals surface area contributed by atoms with Crippen molar-refractivity contribution in [1.82, 2.24) is 14.8 Å². The zero-order chi connectivity index (χ0) is 23.0. The van der Waals surface area contributed by atoms with Gasteiger partial charge < -0.3 is 4.74 Å². The second kappa shape index (κ2) is 11.0. The van der Waals surface area contributed by atoms with E-state index in [4.69, 9.17) is 21.6 Å². The van der Waals surface area contributed by atoms with Crippen LogP contribution in [0, 0.1) is 25.2 Å². The van der Waals surface area contributed by atoms with Gasteiger partial charge >= 0.3 is 0 Å². The zero-order valence-corrected chi connectivity index (χ0v) is 18.8. The summed E-state index contributed by atoms with van der Waals surface area (Å²) < 4.78 is 7.48. The maximum atomic E-state index is 9.08.